The molecule has 0 aliphatic rings. The number of aryl methyl sites for hydroxylation is 1. The van der Waals surface area contributed by atoms with Gasteiger partial charge in [-0.25, -0.2) is 0 Å². The van der Waals surface area contributed by atoms with Crippen LogP contribution in [0.1, 0.15) is 47.0 Å². The highest BCUT2D eigenvalue weighted by Crippen LogP contribution is 2.33. The van der Waals surface area contributed by atoms with Crippen LogP contribution in [0.2, 0.25) is 0 Å². The molecule has 3 N–H and O–H groups in total. The molecular formula is C13H17N2O4S-. The Morgan fingerprint density at radius 1 is 1.30 bits per heavy atom. The van der Waals surface area contributed by atoms with Gasteiger partial charge in [0.15, 0.2) is 0 Å². The minimum Gasteiger partial charge on any atom is -0.550 e. The molecule has 0 saturated heterocycles. The van der Waals surface area contributed by atoms with Crippen LogP contribution in [0.5, 0.6) is 0 Å². The lowest BCUT2D eigenvalue weighted by Crippen LogP contribution is -2.22. The number of amides is 2. The molecule has 1 rings (SSSR count). The summed E-state index contributed by atoms with van der Waals surface area (Å²) in [5, 5.41) is 13.3. The van der Waals surface area contributed by atoms with Crippen LogP contribution in [-0.2, 0) is 16.0 Å². The molecule has 0 fully saturated rings. The van der Waals surface area contributed by atoms with Gasteiger partial charge in [-0.3, -0.25) is 9.59 Å². The number of anilines is 1. The SMILES string of the molecule is CCc1c(C)sc(NC(=O)CCCC(=O)[O-])c1C(N)=O. The number of nitrogens with one attached hydrogen (secondary N) is 1. The van der Waals surface area contributed by atoms with E-state index in [2.05, 4.69) is 5.32 Å². The van der Waals surface area contributed by atoms with Gasteiger partial charge in [0.05, 0.1) is 5.56 Å². The van der Waals surface area contributed by atoms with E-state index in [1.54, 1.807) is 0 Å². The standard InChI is InChI=1S/C13H18N2O4S/c1-3-8-7(2)20-13(11(8)12(14)19)15-9(16)5-4-6-10(17)18/h3-6H2,1-2H3,(H2,14,19)(H,15,16)(H,17,18)/p-1. The maximum atomic E-state index is 11.7. The van der Waals surface area contributed by atoms with Crippen molar-refractivity contribution in [1.82, 2.24) is 0 Å². The van der Waals surface area contributed by atoms with Gasteiger partial charge in [0.25, 0.3) is 5.91 Å². The van der Waals surface area contributed by atoms with Gasteiger partial charge in [0.2, 0.25) is 5.91 Å². The number of carboxylic acid groups (broad SMARTS) is 1. The predicted octanol–water partition coefficient (Wildman–Crippen LogP) is 0.577. The number of hydrogen-bond donors (Lipinski definition) is 2. The monoisotopic (exact) mass is 297 g/mol. The van der Waals surface area contributed by atoms with Crippen molar-refractivity contribution in [2.24, 2.45) is 5.73 Å². The van der Waals surface area contributed by atoms with Crippen molar-refractivity contribution < 1.29 is 19.5 Å². The number of nitrogens with two attached hydrogens (primary N) is 1. The van der Waals surface area contributed by atoms with Crippen molar-refractivity contribution in [1.29, 1.82) is 0 Å². The zero-order chi connectivity index (χ0) is 15.3. The second-order valence-corrected chi connectivity index (χ2v) is 5.56. The summed E-state index contributed by atoms with van der Waals surface area (Å²) in [6, 6.07) is 0. The van der Waals surface area contributed by atoms with E-state index in [4.69, 9.17) is 5.73 Å². The number of carboxylic acids is 1. The van der Waals surface area contributed by atoms with E-state index in [0.717, 1.165) is 10.4 Å². The highest BCUT2D eigenvalue weighted by atomic mass is 32.1. The Morgan fingerprint density at radius 2 is 1.95 bits per heavy atom. The third-order valence-electron chi connectivity index (χ3n) is 2.85. The van der Waals surface area contributed by atoms with Gasteiger partial charge in [-0.05, 0) is 31.7 Å². The third-order valence-corrected chi connectivity index (χ3v) is 3.91. The maximum Gasteiger partial charge on any atom is 0.251 e. The normalized spacial score (nSPS) is 10.3. The van der Waals surface area contributed by atoms with E-state index >= 15 is 0 Å². The van der Waals surface area contributed by atoms with Gasteiger partial charge >= 0.3 is 0 Å². The van der Waals surface area contributed by atoms with Crippen molar-refractivity contribution in [2.45, 2.75) is 39.5 Å². The average molecular weight is 297 g/mol. The Balaban J connectivity index is 2.79. The number of hydrogen-bond acceptors (Lipinski definition) is 5. The lowest BCUT2D eigenvalue weighted by atomic mass is 10.1. The van der Waals surface area contributed by atoms with Crippen LogP contribution in [0.4, 0.5) is 5.00 Å². The third kappa shape index (κ3) is 4.06. The van der Waals surface area contributed by atoms with Crippen molar-refractivity contribution in [2.75, 3.05) is 5.32 Å². The maximum absolute atomic E-state index is 11.7. The molecule has 0 aromatic carbocycles. The van der Waals surface area contributed by atoms with Crippen LogP contribution in [0.15, 0.2) is 0 Å². The van der Waals surface area contributed by atoms with E-state index < -0.39 is 11.9 Å². The highest BCUT2D eigenvalue weighted by Gasteiger charge is 2.20. The molecule has 20 heavy (non-hydrogen) atoms. The Bertz CT molecular complexity index is 537. The number of thiophene rings is 1. The highest BCUT2D eigenvalue weighted by molar-refractivity contribution is 7.16. The summed E-state index contributed by atoms with van der Waals surface area (Å²) in [7, 11) is 0. The van der Waals surface area contributed by atoms with E-state index in [1.165, 1.54) is 11.3 Å². The molecule has 0 bridgehead atoms. The van der Waals surface area contributed by atoms with E-state index in [9.17, 15) is 19.5 Å². The fraction of sp³-hybridized carbons (Fsp3) is 0.462. The smallest absolute Gasteiger partial charge is 0.251 e. The van der Waals surface area contributed by atoms with E-state index in [1.807, 2.05) is 13.8 Å². The largest absolute Gasteiger partial charge is 0.550 e. The van der Waals surface area contributed by atoms with Gasteiger partial charge in [0, 0.05) is 17.3 Å². The number of aliphatic carboxylic acids is 1. The topological polar surface area (TPSA) is 112 Å². The molecule has 1 heterocycles. The Morgan fingerprint density at radius 3 is 2.45 bits per heavy atom. The lowest BCUT2D eigenvalue weighted by molar-refractivity contribution is -0.305. The van der Waals surface area contributed by atoms with Gasteiger partial charge < -0.3 is 21.0 Å². The van der Waals surface area contributed by atoms with E-state index in [-0.39, 0.29) is 25.2 Å². The van der Waals surface area contributed by atoms with Crippen LogP contribution in [0.3, 0.4) is 0 Å². The molecular weight excluding hydrogens is 280 g/mol. The summed E-state index contributed by atoms with van der Waals surface area (Å²) in [5.41, 5.74) is 6.54. The first-order chi connectivity index (χ1) is 9.36. The van der Waals surface area contributed by atoms with Gasteiger partial charge in [-0.1, -0.05) is 6.92 Å². The zero-order valence-corrected chi connectivity index (χ0v) is 12.3. The summed E-state index contributed by atoms with van der Waals surface area (Å²) in [6.45, 7) is 3.77. The van der Waals surface area contributed by atoms with Crippen LogP contribution >= 0.6 is 11.3 Å². The first-order valence-corrected chi connectivity index (χ1v) is 7.10. The number of primary amides is 1. The number of rotatable bonds is 7. The molecule has 0 radical (unpaired) electrons. The summed E-state index contributed by atoms with van der Waals surface area (Å²) < 4.78 is 0. The molecule has 6 nitrogen and oxygen atoms in total. The second-order valence-electron chi connectivity index (χ2n) is 4.33. The summed E-state index contributed by atoms with van der Waals surface area (Å²) >= 11 is 1.30. The number of carbonyl (C=O) groups is 3. The minimum absolute atomic E-state index is 0.0601. The molecule has 0 saturated carbocycles. The quantitative estimate of drug-likeness (QED) is 0.766. The molecule has 1 aromatic rings. The fourth-order valence-electron chi connectivity index (χ4n) is 1.94. The Labute approximate surface area is 121 Å². The van der Waals surface area contributed by atoms with Crippen molar-refractivity contribution in [3.63, 3.8) is 0 Å². The molecule has 110 valence electrons. The molecule has 0 aliphatic carbocycles. The van der Waals surface area contributed by atoms with Gasteiger partial charge in [-0.15, -0.1) is 11.3 Å². The van der Waals surface area contributed by atoms with Crippen molar-refractivity contribution in [3.8, 4) is 0 Å². The van der Waals surface area contributed by atoms with Crippen molar-refractivity contribution >= 4 is 34.1 Å². The van der Waals surface area contributed by atoms with Crippen LogP contribution in [0.25, 0.3) is 0 Å². The molecule has 0 aliphatic heterocycles. The second kappa shape index (κ2) is 7.04. The van der Waals surface area contributed by atoms with Gasteiger partial charge in [0.1, 0.15) is 5.00 Å². The first-order valence-electron chi connectivity index (χ1n) is 6.28. The van der Waals surface area contributed by atoms with Gasteiger partial charge in [-0.2, -0.15) is 0 Å². The zero-order valence-electron chi connectivity index (χ0n) is 11.4. The average Bonchev–Trinajstić information content (AvgIpc) is 2.64. The first kappa shape index (κ1) is 16.2. The van der Waals surface area contributed by atoms with E-state index in [0.29, 0.717) is 17.0 Å². The fourth-order valence-corrected chi connectivity index (χ4v) is 3.10. The summed E-state index contributed by atoms with van der Waals surface area (Å²) in [4.78, 5) is 34.4. The molecule has 0 unspecified atom stereocenters. The molecule has 7 heteroatoms. The predicted molar refractivity (Wildman–Crippen MR) is 74.4 cm³/mol. The van der Waals surface area contributed by atoms with Crippen LogP contribution in [-0.4, -0.2) is 17.8 Å². The van der Waals surface area contributed by atoms with Crippen molar-refractivity contribution in [3.05, 3.63) is 16.0 Å². The lowest BCUT2D eigenvalue weighted by Gasteiger charge is -2.06. The van der Waals surface area contributed by atoms with Crippen LogP contribution < -0.4 is 16.2 Å². The van der Waals surface area contributed by atoms with Crippen LogP contribution in [0, 0.1) is 6.92 Å². The Hall–Kier alpha value is -1.89. The molecule has 0 atom stereocenters. The minimum atomic E-state index is -1.18. The molecule has 0 spiro atoms. The summed E-state index contributed by atoms with van der Waals surface area (Å²) in [5.74, 6) is -2.09. The summed E-state index contributed by atoms with van der Waals surface area (Å²) in [6.07, 6.45) is 0.747. The molecule has 1 aromatic heterocycles. The Kier molecular flexibility index (Phi) is 5.69. The number of carbonyl (C=O) groups excluding carboxylic acids is 3. The molecule has 2 amide bonds.